The Morgan fingerprint density at radius 1 is 1.27 bits per heavy atom. The lowest BCUT2D eigenvalue weighted by molar-refractivity contribution is 0.0499. The number of ether oxygens (including phenoxy) is 1. The van der Waals surface area contributed by atoms with Crippen molar-refractivity contribution in [2.75, 3.05) is 6.61 Å². The Hall–Kier alpha value is -2.83. The van der Waals surface area contributed by atoms with Crippen molar-refractivity contribution in [3.05, 3.63) is 42.0 Å². The number of nitrogens with one attached hydrogen (secondary N) is 1. The normalized spacial score (nSPS) is 10.8. The van der Waals surface area contributed by atoms with Gasteiger partial charge in [0, 0.05) is 11.6 Å². The van der Waals surface area contributed by atoms with Crippen LogP contribution in [0, 0.1) is 5.82 Å². The van der Waals surface area contributed by atoms with Gasteiger partial charge in [-0.05, 0) is 30.0 Å². The van der Waals surface area contributed by atoms with Gasteiger partial charge in [-0.25, -0.2) is 9.18 Å². The maximum absolute atomic E-state index is 13.2. The topological polar surface area (TPSA) is 80.8 Å². The van der Waals surface area contributed by atoms with Gasteiger partial charge < -0.3 is 4.74 Å². The Bertz CT molecular complexity index is 831. The van der Waals surface area contributed by atoms with Gasteiger partial charge in [0.1, 0.15) is 11.5 Å². The molecule has 0 atom stereocenters. The Labute approximate surface area is 125 Å². The molecular weight excluding hydrogens is 287 g/mol. The first-order chi connectivity index (χ1) is 10.7. The zero-order chi connectivity index (χ0) is 15.5. The van der Waals surface area contributed by atoms with E-state index in [1.165, 1.54) is 18.3 Å². The molecular formula is C15H13FN4O2. The largest absolute Gasteiger partial charge is 0.461 e. The molecule has 0 bridgehead atoms. The summed E-state index contributed by atoms with van der Waals surface area (Å²) in [7, 11) is 0. The minimum absolute atomic E-state index is 0.0856. The van der Waals surface area contributed by atoms with E-state index in [4.69, 9.17) is 4.74 Å². The molecule has 0 unspecified atom stereocenters. The molecule has 1 N–H and O–H groups in total. The zero-order valence-corrected chi connectivity index (χ0v) is 11.8. The lowest BCUT2D eigenvalue weighted by atomic mass is 10.1. The van der Waals surface area contributed by atoms with E-state index in [0.29, 0.717) is 23.4 Å². The summed E-state index contributed by atoms with van der Waals surface area (Å²) in [5.41, 5.74) is 0.867. The molecule has 6 nitrogen and oxygen atoms in total. The van der Waals surface area contributed by atoms with Crippen molar-refractivity contribution >= 4 is 16.7 Å². The van der Waals surface area contributed by atoms with E-state index in [1.54, 1.807) is 12.1 Å². The van der Waals surface area contributed by atoms with Crippen LogP contribution >= 0.6 is 0 Å². The third kappa shape index (κ3) is 2.65. The molecule has 22 heavy (non-hydrogen) atoms. The standard InChI is InChI=1S/C15H13FN4O2/c1-2-5-22-15(21)14-13(18-20-19-14)12-7-9-3-4-11(16)6-10(9)8-17-12/h3-4,6-8H,2,5H2,1H3,(H,18,19,20). The number of benzene rings is 1. The summed E-state index contributed by atoms with van der Waals surface area (Å²) in [6.45, 7) is 2.22. The number of hydrogen-bond acceptors (Lipinski definition) is 5. The fraction of sp³-hybridized carbons (Fsp3) is 0.200. The molecule has 1 aromatic carbocycles. The van der Waals surface area contributed by atoms with Crippen molar-refractivity contribution in [2.24, 2.45) is 0 Å². The number of carbonyl (C=O) groups excluding carboxylic acids is 1. The Morgan fingerprint density at radius 2 is 2.14 bits per heavy atom. The maximum atomic E-state index is 13.2. The second kappa shape index (κ2) is 5.88. The van der Waals surface area contributed by atoms with Gasteiger partial charge in [0.25, 0.3) is 0 Å². The van der Waals surface area contributed by atoms with Crippen LogP contribution in [-0.2, 0) is 4.74 Å². The summed E-state index contributed by atoms with van der Waals surface area (Å²) in [6.07, 6.45) is 2.25. The van der Waals surface area contributed by atoms with Gasteiger partial charge in [-0.3, -0.25) is 4.98 Å². The second-order valence-electron chi connectivity index (χ2n) is 4.72. The van der Waals surface area contributed by atoms with Crippen molar-refractivity contribution in [2.45, 2.75) is 13.3 Å². The van der Waals surface area contributed by atoms with Crippen LogP contribution in [-0.4, -0.2) is 33.0 Å². The first-order valence-corrected chi connectivity index (χ1v) is 6.82. The molecule has 0 aliphatic carbocycles. The summed E-state index contributed by atoms with van der Waals surface area (Å²) in [5.74, 6) is -0.876. The number of nitrogens with zero attached hydrogens (tertiary/aromatic N) is 3. The van der Waals surface area contributed by atoms with Gasteiger partial charge in [-0.1, -0.05) is 13.0 Å². The maximum Gasteiger partial charge on any atom is 0.361 e. The zero-order valence-electron chi connectivity index (χ0n) is 11.8. The van der Waals surface area contributed by atoms with Crippen molar-refractivity contribution in [3.8, 4) is 11.4 Å². The number of pyridine rings is 1. The molecule has 112 valence electrons. The first-order valence-electron chi connectivity index (χ1n) is 6.82. The third-order valence-electron chi connectivity index (χ3n) is 3.10. The van der Waals surface area contributed by atoms with Gasteiger partial charge in [0.2, 0.25) is 0 Å². The monoisotopic (exact) mass is 300 g/mol. The van der Waals surface area contributed by atoms with Crippen LogP contribution in [0.3, 0.4) is 0 Å². The average molecular weight is 300 g/mol. The lowest BCUT2D eigenvalue weighted by Crippen LogP contribution is -2.08. The van der Waals surface area contributed by atoms with Crippen LogP contribution in [0.4, 0.5) is 4.39 Å². The van der Waals surface area contributed by atoms with E-state index >= 15 is 0 Å². The fourth-order valence-electron chi connectivity index (χ4n) is 2.06. The lowest BCUT2D eigenvalue weighted by Gasteiger charge is -2.03. The van der Waals surface area contributed by atoms with E-state index in [-0.39, 0.29) is 11.5 Å². The quantitative estimate of drug-likeness (QED) is 0.749. The highest BCUT2D eigenvalue weighted by Crippen LogP contribution is 2.23. The van der Waals surface area contributed by atoms with Crippen LogP contribution in [0.15, 0.2) is 30.5 Å². The van der Waals surface area contributed by atoms with Gasteiger partial charge in [-0.15, -0.1) is 5.10 Å². The highest BCUT2D eigenvalue weighted by molar-refractivity contribution is 5.94. The number of carbonyl (C=O) groups is 1. The van der Waals surface area contributed by atoms with Gasteiger partial charge in [-0.2, -0.15) is 10.3 Å². The number of fused-ring (bicyclic) bond motifs is 1. The second-order valence-corrected chi connectivity index (χ2v) is 4.72. The molecule has 0 saturated heterocycles. The summed E-state index contributed by atoms with van der Waals surface area (Å²) >= 11 is 0. The first kappa shape index (κ1) is 14.1. The third-order valence-corrected chi connectivity index (χ3v) is 3.10. The Morgan fingerprint density at radius 3 is 2.95 bits per heavy atom. The molecule has 7 heteroatoms. The molecule has 0 spiro atoms. The average Bonchev–Trinajstić information content (AvgIpc) is 3.01. The van der Waals surface area contributed by atoms with Crippen LogP contribution in [0.25, 0.3) is 22.2 Å². The van der Waals surface area contributed by atoms with E-state index < -0.39 is 5.97 Å². The molecule has 0 amide bonds. The van der Waals surface area contributed by atoms with Crippen LogP contribution in [0.1, 0.15) is 23.8 Å². The predicted molar refractivity (Wildman–Crippen MR) is 77.7 cm³/mol. The summed E-state index contributed by atoms with van der Waals surface area (Å²) < 4.78 is 18.2. The smallest absolute Gasteiger partial charge is 0.361 e. The van der Waals surface area contributed by atoms with Crippen LogP contribution in [0.2, 0.25) is 0 Å². The summed E-state index contributed by atoms with van der Waals surface area (Å²) in [5, 5.41) is 11.7. The van der Waals surface area contributed by atoms with Crippen molar-refractivity contribution in [3.63, 3.8) is 0 Å². The summed E-state index contributed by atoms with van der Waals surface area (Å²) in [4.78, 5) is 16.2. The molecule has 0 aliphatic heterocycles. The van der Waals surface area contributed by atoms with Crippen LogP contribution < -0.4 is 0 Å². The SMILES string of the molecule is CCCOC(=O)c1n[nH]nc1-c1cc2ccc(F)cc2cn1. The molecule has 0 radical (unpaired) electrons. The van der Waals surface area contributed by atoms with E-state index in [1.807, 2.05) is 6.92 Å². The van der Waals surface area contributed by atoms with E-state index in [0.717, 1.165) is 11.8 Å². The molecule has 3 aromatic rings. The predicted octanol–water partition coefficient (Wildman–Crippen LogP) is 2.73. The number of aromatic amines is 1. The minimum Gasteiger partial charge on any atom is -0.461 e. The number of H-pyrrole nitrogens is 1. The number of aromatic nitrogens is 4. The highest BCUT2D eigenvalue weighted by Gasteiger charge is 2.20. The number of rotatable bonds is 4. The van der Waals surface area contributed by atoms with E-state index in [9.17, 15) is 9.18 Å². The number of halogens is 1. The van der Waals surface area contributed by atoms with Crippen molar-refractivity contribution in [1.29, 1.82) is 0 Å². The van der Waals surface area contributed by atoms with Gasteiger partial charge in [0.15, 0.2) is 5.69 Å². The highest BCUT2D eigenvalue weighted by atomic mass is 19.1. The molecule has 2 heterocycles. The van der Waals surface area contributed by atoms with Gasteiger partial charge in [0.05, 0.1) is 12.3 Å². The minimum atomic E-state index is -0.549. The van der Waals surface area contributed by atoms with Crippen molar-refractivity contribution < 1.29 is 13.9 Å². The fourth-order valence-corrected chi connectivity index (χ4v) is 2.06. The molecule has 3 rings (SSSR count). The Balaban J connectivity index is 1.99. The van der Waals surface area contributed by atoms with E-state index in [2.05, 4.69) is 20.4 Å². The molecule has 0 fully saturated rings. The number of esters is 1. The van der Waals surface area contributed by atoms with Gasteiger partial charge >= 0.3 is 5.97 Å². The van der Waals surface area contributed by atoms with Crippen LogP contribution in [0.5, 0.6) is 0 Å². The summed E-state index contributed by atoms with van der Waals surface area (Å²) in [6, 6.07) is 6.13. The molecule has 2 aromatic heterocycles. The molecule has 0 saturated carbocycles. The molecule has 0 aliphatic rings. The number of hydrogen-bond donors (Lipinski definition) is 1. The Kier molecular flexibility index (Phi) is 3.78. The van der Waals surface area contributed by atoms with Crippen molar-refractivity contribution in [1.82, 2.24) is 20.4 Å².